The minimum Gasteiger partial charge on any atom is -0.487 e. The Morgan fingerprint density at radius 3 is 2.60 bits per heavy atom. The van der Waals surface area contributed by atoms with Crippen LogP contribution < -0.4 is 4.74 Å². The molecule has 1 aromatic carbocycles. The lowest BCUT2D eigenvalue weighted by Gasteiger charge is -2.52. The minimum absolute atomic E-state index is 0.00815. The molecule has 6 heteroatoms. The van der Waals surface area contributed by atoms with Crippen molar-refractivity contribution in [2.75, 3.05) is 0 Å². The van der Waals surface area contributed by atoms with Crippen molar-refractivity contribution in [3.63, 3.8) is 0 Å². The molecule has 110 valence electrons. The van der Waals surface area contributed by atoms with E-state index in [9.17, 15) is 14.5 Å². The lowest BCUT2D eigenvalue weighted by molar-refractivity contribution is -0.385. The molecule has 0 N–H and O–H groups in total. The van der Waals surface area contributed by atoms with Crippen molar-refractivity contribution in [1.29, 1.82) is 0 Å². The van der Waals surface area contributed by atoms with E-state index >= 15 is 0 Å². The fourth-order valence-corrected chi connectivity index (χ4v) is 4.15. The van der Waals surface area contributed by atoms with Gasteiger partial charge in [-0.05, 0) is 25.3 Å². The molecule has 2 unspecified atom stereocenters. The number of nitrogens with zero attached hydrogens (tertiary/aromatic N) is 1. The van der Waals surface area contributed by atoms with Gasteiger partial charge in [-0.2, -0.15) is 0 Å². The predicted octanol–water partition coefficient (Wildman–Crippen LogP) is 4.45. The van der Waals surface area contributed by atoms with Gasteiger partial charge in [0, 0.05) is 16.3 Å². The third-order valence-corrected chi connectivity index (χ3v) is 5.68. The lowest BCUT2D eigenvalue weighted by Crippen LogP contribution is -2.56. The average Bonchev–Trinajstić information content (AvgIpc) is 2.41. The molecule has 4 nitrogen and oxygen atoms in total. The number of benzene rings is 1. The van der Waals surface area contributed by atoms with Gasteiger partial charge < -0.3 is 4.74 Å². The summed E-state index contributed by atoms with van der Waals surface area (Å²) in [6.07, 6.45) is 2.65. The summed E-state index contributed by atoms with van der Waals surface area (Å²) in [5.41, 5.74) is -0.257. The maximum Gasteiger partial charge on any atom is 0.272 e. The highest BCUT2D eigenvalue weighted by molar-refractivity contribution is 9.09. The van der Waals surface area contributed by atoms with Gasteiger partial charge in [0.15, 0.2) is 11.6 Å². The highest BCUT2D eigenvalue weighted by Gasteiger charge is 2.53. The fourth-order valence-electron chi connectivity index (χ4n) is 2.86. The monoisotopic (exact) mass is 345 g/mol. The molecule has 0 bridgehead atoms. The number of ether oxygens (including phenoxy) is 1. The van der Waals surface area contributed by atoms with E-state index in [1.54, 1.807) is 0 Å². The Hall–Kier alpha value is -1.17. The summed E-state index contributed by atoms with van der Waals surface area (Å²) < 4.78 is 19.6. The van der Waals surface area contributed by atoms with Crippen molar-refractivity contribution in [3.8, 4) is 5.75 Å². The molecule has 0 amide bonds. The molecule has 2 rings (SSSR count). The molecular formula is C14H17BrFNO3. The van der Waals surface area contributed by atoms with E-state index in [-0.39, 0.29) is 23.0 Å². The van der Waals surface area contributed by atoms with Crippen LogP contribution in [0.2, 0.25) is 0 Å². The van der Waals surface area contributed by atoms with Crippen LogP contribution in [0, 0.1) is 21.3 Å². The van der Waals surface area contributed by atoms with Gasteiger partial charge >= 0.3 is 0 Å². The van der Waals surface area contributed by atoms with Crippen LogP contribution in [0.3, 0.4) is 0 Å². The van der Waals surface area contributed by atoms with Gasteiger partial charge in [0.2, 0.25) is 0 Å². The molecule has 0 heterocycles. The van der Waals surface area contributed by atoms with Crippen molar-refractivity contribution in [2.24, 2.45) is 5.41 Å². The number of non-ortho nitro benzene ring substituents is 1. The number of alkyl halides is 1. The summed E-state index contributed by atoms with van der Waals surface area (Å²) in [5, 5.41) is 10.6. The number of nitro benzene ring substituents is 1. The molecule has 1 saturated carbocycles. The molecule has 1 aliphatic carbocycles. The van der Waals surface area contributed by atoms with Crippen molar-refractivity contribution in [3.05, 3.63) is 34.1 Å². The van der Waals surface area contributed by atoms with Crippen LogP contribution in [-0.4, -0.2) is 15.9 Å². The van der Waals surface area contributed by atoms with E-state index < -0.39 is 10.7 Å². The van der Waals surface area contributed by atoms with Crippen LogP contribution in [-0.2, 0) is 0 Å². The van der Waals surface area contributed by atoms with Crippen LogP contribution in [0.25, 0.3) is 0 Å². The highest BCUT2D eigenvalue weighted by atomic mass is 79.9. The molecule has 0 aliphatic heterocycles. The summed E-state index contributed by atoms with van der Waals surface area (Å²) in [6.45, 7) is 4.19. The maximum atomic E-state index is 13.8. The molecule has 0 radical (unpaired) electrons. The second-order valence-electron chi connectivity index (χ2n) is 5.12. The van der Waals surface area contributed by atoms with Gasteiger partial charge in [0.05, 0.1) is 11.0 Å². The summed E-state index contributed by atoms with van der Waals surface area (Å²) >= 11 is 3.64. The zero-order chi connectivity index (χ0) is 14.9. The van der Waals surface area contributed by atoms with E-state index in [0.29, 0.717) is 4.83 Å². The van der Waals surface area contributed by atoms with Gasteiger partial charge in [-0.1, -0.05) is 29.8 Å². The molecule has 1 aliphatic rings. The maximum absolute atomic E-state index is 13.8. The zero-order valence-electron chi connectivity index (χ0n) is 11.4. The minimum atomic E-state index is -0.682. The van der Waals surface area contributed by atoms with E-state index in [4.69, 9.17) is 4.74 Å². The topological polar surface area (TPSA) is 52.4 Å². The molecule has 0 saturated heterocycles. The Kier molecular flexibility index (Phi) is 4.32. The molecule has 20 heavy (non-hydrogen) atoms. The molecule has 1 fully saturated rings. The Morgan fingerprint density at radius 2 is 2.15 bits per heavy atom. The lowest BCUT2D eigenvalue weighted by atomic mass is 9.62. The van der Waals surface area contributed by atoms with Crippen LogP contribution in [0.5, 0.6) is 5.75 Å². The second-order valence-corrected chi connectivity index (χ2v) is 6.23. The summed E-state index contributed by atoms with van der Waals surface area (Å²) in [4.78, 5) is 10.3. The average molecular weight is 346 g/mol. The Labute approximate surface area is 125 Å². The van der Waals surface area contributed by atoms with Crippen LogP contribution in [0.15, 0.2) is 18.2 Å². The SMILES string of the molecule is CCC1(CC)C(Br)CC1Oc1ccc([N+](=O)[O-])cc1F. The molecule has 1 aromatic rings. The number of hydrogen-bond acceptors (Lipinski definition) is 3. The van der Waals surface area contributed by atoms with Crippen molar-refractivity contribution in [1.82, 2.24) is 0 Å². The molecule has 2 atom stereocenters. The van der Waals surface area contributed by atoms with E-state index in [1.165, 1.54) is 12.1 Å². The summed E-state index contributed by atoms with van der Waals surface area (Å²) in [6, 6.07) is 3.51. The fraction of sp³-hybridized carbons (Fsp3) is 0.571. The largest absolute Gasteiger partial charge is 0.487 e. The molecule has 0 aromatic heterocycles. The van der Waals surface area contributed by atoms with Gasteiger partial charge in [0.25, 0.3) is 5.69 Å². The van der Waals surface area contributed by atoms with Crippen molar-refractivity contribution < 1.29 is 14.1 Å². The number of halogens is 2. The first-order chi connectivity index (χ1) is 9.44. The highest BCUT2D eigenvalue weighted by Crippen LogP contribution is 2.52. The molecular weight excluding hydrogens is 329 g/mol. The van der Waals surface area contributed by atoms with Gasteiger partial charge in [0.1, 0.15) is 6.10 Å². The van der Waals surface area contributed by atoms with E-state index in [1.807, 2.05) is 0 Å². The third-order valence-electron chi connectivity index (χ3n) is 4.40. The van der Waals surface area contributed by atoms with Crippen LogP contribution in [0.4, 0.5) is 10.1 Å². The van der Waals surface area contributed by atoms with E-state index in [0.717, 1.165) is 25.3 Å². The first-order valence-corrected chi connectivity index (χ1v) is 7.60. The Bertz CT molecular complexity index is 519. The normalized spacial score (nSPS) is 24.0. The smallest absolute Gasteiger partial charge is 0.272 e. The Balaban J connectivity index is 2.17. The Morgan fingerprint density at radius 1 is 1.50 bits per heavy atom. The number of hydrogen-bond donors (Lipinski definition) is 0. The van der Waals surface area contributed by atoms with Gasteiger partial charge in [-0.3, -0.25) is 10.1 Å². The standard InChI is InChI=1S/C14H17BrFNO3/c1-3-14(4-2)12(15)8-13(14)20-11-6-5-9(17(18)19)7-10(11)16/h5-7,12-13H,3-4,8H2,1-2H3. The number of rotatable bonds is 5. The van der Waals surface area contributed by atoms with E-state index in [2.05, 4.69) is 29.8 Å². The van der Waals surface area contributed by atoms with Crippen molar-refractivity contribution >= 4 is 21.6 Å². The second kappa shape index (κ2) is 5.68. The zero-order valence-corrected chi connectivity index (χ0v) is 13.0. The summed E-state index contributed by atoms with van der Waals surface area (Å²) in [5.74, 6) is -0.593. The van der Waals surface area contributed by atoms with Crippen molar-refractivity contribution in [2.45, 2.75) is 44.0 Å². The predicted molar refractivity (Wildman–Crippen MR) is 77.8 cm³/mol. The molecule has 0 spiro atoms. The quantitative estimate of drug-likeness (QED) is 0.449. The number of nitro groups is 1. The third kappa shape index (κ3) is 2.41. The first kappa shape index (κ1) is 15.2. The summed E-state index contributed by atoms with van der Waals surface area (Å²) in [7, 11) is 0. The van der Waals surface area contributed by atoms with Crippen LogP contribution >= 0.6 is 15.9 Å². The first-order valence-electron chi connectivity index (χ1n) is 6.69. The van der Waals surface area contributed by atoms with Gasteiger partial charge in [-0.15, -0.1) is 0 Å². The van der Waals surface area contributed by atoms with Crippen LogP contribution in [0.1, 0.15) is 33.1 Å². The van der Waals surface area contributed by atoms with Gasteiger partial charge in [-0.25, -0.2) is 4.39 Å².